The third-order valence-electron chi connectivity index (χ3n) is 8.42. The molecule has 16 heteroatoms. The number of carboxylic acids is 2. The lowest BCUT2D eigenvalue weighted by Crippen LogP contribution is -2.74. The van der Waals surface area contributed by atoms with E-state index in [1.165, 1.54) is 0 Å². The molecular weight excluding hydrogens is 599 g/mol. The topological polar surface area (TPSA) is 197 Å². The van der Waals surface area contributed by atoms with Crippen molar-refractivity contribution in [2.45, 2.75) is 80.6 Å². The van der Waals surface area contributed by atoms with E-state index in [9.17, 15) is 47.7 Å². The Labute approximate surface area is 247 Å². The van der Waals surface area contributed by atoms with Gasteiger partial charge in [0, 0.05) is 23.6 Å². The van der Waals surface area contributed by atoms with Crippen molar-refractivity contribution in [3.05, 3.63) is 40.7 Å². The molecule has 4 aliphatic rings. The van der Waals surface area contributed by atoms with Gasteiger partial charge in [-0.25, -0.2) is 4.79 Å². The van der Waals surface area contributed by atoms with Gasteiger partial charge in [-0.2, -0.15) is 13.2 Å². The number of aldehydes is 1. The molecule has 44 heavy (non-hydrogen) atoms. The van der Waals surface area contributed by atoms with Gasteiger partial charge in [-0.05, 0) is 38.1 Å². The number of alkyl halides is 3. The van der Waals surface area contributed by atoms with E-state index in [4.69, 9.17) is 24.1 Å². The molecule has 13 nitrogen and oxygen atoms in total. The second-order valence-electron chi connectivity index (χ2n) is 11.0. The quantitative estimate of drug-likeness (QED) is 0.223. The summed E-state index contributed by atoms with van der Waals surface area (Å²) in [4.78, 5) is 58.1. The van der Waals surface area contributed by atoms with Gasteiger partial charge < -0.3 is 39.5 Å². The first kappa shape index (κ1) is 32.9. The number of aliphatic hydroxyl groups excluding tert-OH is 1. The van der Waals surface area contributed by atoms with E-state index in [0.29, 0.717) is 30.7 Å². The molecule has 1 spiro atoms. The van der Waals surface area contributed by atoms with Gasteiger partial charge in [-0.1, -0.05) is 12.1 Å². The van der Waals surface area contributed by atoms with Crippen LogP contribution < -0.4 is 4.74 Å². The molecule has 2 bridgehead atoms. The van der Waals surface area contributed by atoms with Crippen molar-refractivity contribution in [2.75, 3.05) is 13.6 Å². The van der Waals surface area contributed by atoms with E-state index in [-0.39, 0.29) is 24.8 Å². The molecule has 240 valence electrons. The van der Waals surface area contributed by atoms with Crippen molar-refractivity contribution < 1.29 is 71.8 Å². The molecule has 0 radical (unpaired) electrons. The number of rotatable bonds is 9. The summed E-state index contributed by atoms with van der Waals surface area (Å²) in [5.41, 5.74) is 0.0862. The Kier molecular flexibility index (Phi) is 9.09. The molecule has 2 aliphatic carbocycles. The second kappa shape index (κ2) is 12.2. The summed E-state index contributed by atoms with van der Waals surface area (Å²) in [6.07, 6.45) is -7.67. The van der Waals surface area contributed by atoms with Crippen molar-refractivity contribution in [3.8, 4) is 5.75 Å². The van der Waals surface area contributed by atoms with Crippen molar-refractivity contribution in [3.63, 3.8) is 0 Å². The smallest absolute Gasteiger partial charge is 0.446 e. The molecule has 0 aromatic heterocycles. The normalized spacial score (nSPS) is 26.9. The molecule has 1 saturated heterocycles. The Morgan fingerprint density at radius 2 is 1.86 bits per heavy atom. The number of carbonyl (C=O) groups is 5. The summed E-state index contributed by atoms with van der Waals surface area (Å²) in [6, 6.07) is 3.47. The maximum Gasteiger partial charge on any atom is 0.446 e. The van der Waals surface area contributed by atoms with E-state index < -0.39 is 78.8 Å². The van der Waals surface area contributed by atoms with Gasteiger partial charge in [0.15, 0.2) is 6.10 Å². The number of halogens is 3. The number of hydrogen-bond donors (Lipinski definition) is 4. The Morgan fingerprint density at radius 3 is 2.45 bits per heavy atom. The molecule has 1 fully saturated rings. The molecule has 1 aromatic carbocycles. The van der Waals surface area contributed by atoms with Crippen LogP contribution in [0.2, 0.25) is 0 Å². The summed E-state index contributed by atoms with van der Waals surface area (Å²) >= 11 is 0. The number of ether oxygens (including phenoxy) is 3. The molecule has 0 amide bonds. The van der Waals surface area contributed by atoms with Crippen LogP contribution in [-0.2, 0) is 51.9 Å². The number of hydrogen-bond acceptors (Lipinski definition) is 11. The molecule has 2 heterocycles. The summed E-state index contributed by atoms with van der Waals surface area (Å²) in [7, 11) is 1.95. The highest BCUT2D eigenvalue weighted by atomic mass is 19.4. The fourth-order valence-corrected chi connectivity index (χ4v) is 6.57. The highest BCUT2D eigenvalue weighted by Gasteiger charge is 2.72. The zero-order valence-electron chi connectivity index (χ0n) is 23.3. The number of piperidine rings is 1. The molecule has 0 unspecified atom stereocenters. The molecular formula is C28H30F3NO12. The Bertz CT molecular complexity index is 1390. The minimum atomic E-state index is -4.64. The van der Waals surface area contributed by atoms with E-state index in [1.54, 1.807) is 12.1 Å². The number of likely N-dealkylation sites (tertiary alicyclic amines) is 1. The van der Waals surface area contributed by atoms with Crippen LogP contribution in [0.5, 0.6) is 5.75 Å². The van der Waals surface area contributed by atoms with Crippen LogP contribution in [0, 0.1) is 0 Å². The molecule has 5 rings (SSSR count). The molecule has 2 aliphatic heterocycles. The van der Waals surface area contributed by atoms with Crippen LogP contribution in [0.15, 0.2) is 24.0 Å². The minimum absolute atomic E-state index is 0.0629. The largest absolute Gasteiger partial charge is 0.481 e. The van der Waals surface area contributed by atoms with Gasteiger partial charge in [0.05, 0.1) is 36.9 Å². The number of nitrogens with zero attached hydrogens (tertiary/aromatic N) is 1. The van der Waals surface area contributed by atoms with Gasteiger partial charge in [0.1, 0.15) is 11.5 Å². The second-order valence-corrected chi connectivity index (χ2v) is 11.0. The third-order valence-corrected chi connectivity index (χ3v) is 8.42. The van der Waals surface area contributed by atoms with Gasteiger partial charge >= 0.3 is 30.1 Å². The fourth-order valence-electron chi connectivity index (χ4n) is 6.57. The zero-order chi connectivity index (χ0) is 32.6. The van der Waals surface area contributed by atoms with Crippen molar-refractivity contribution in [1.82, 2.24) is 4.90 Å². The number of carbonyl (C=O) groups excluding carboxylic acids is 3. The van der Waals surface area contributed by atoms with Gasteiger partial charge in [-0.15, -0.1) is 0 Å². The van der Waals surface area contributed by atoms with Crippen LogP contribution in [0.1, 0.15) is 48.8 Å². The van der Waals surface area contributed by atoms with Crippen LogP contribution in [0.25, 0.3) is 0 Å². The third kappa shape index (κ3) is 5.88. The van der Waals surface area contributed by atoms with E-state index in [1.807, 2.05) is 13.1 Å². The maximum atomic E-state index is 13.1. The predicted molar refractivity (Wildman–Crippen MR) is 138 cm³/mol. The summed E-state index contributed by atoms with van der Waals surface area (Å²) in [5, 5.41) is 40.2. The van der Waals surface area contributed by atoms with E-state index in [2.05, 4.69) is 4.90 Å². The number of benzene rings is 1. The standard InChI is InChI=1S/C26H29NO11.C2HF3O/c1-27-9-8-25-21-13-2-3-14(12-28)22(21)38-23(25)15(6-7-26(25,35)17(27)10-13)37-24(34)16(11-19(31)32)36-20(33)5-4-18(29)30;3-2(4,5)1-6/h2-3,6,16-17,23,28,35H,4-5,7-12H2,1H3,(H,29,30)(H,31,32);1H/t16-,17+,23-,25-,26+;/m0./s1. The summed E-state index contributed by atoms with van der Waals surface area (Å²) in [5.74, 6) is -4.35. The van der Waals surface area contributed by atoms with Crippen LogP contribution in [0.4, 0.5) is 13.2 Å². The van der Waals surface area contributed by atoms with E-state index >= 15 is 0 Å². The van der Waals surface area contributed by atoms with Crippen LogP contribution in [-0.4, -0.2) is 99.1 Å². The SMILES string of the molecule is CN1CC[C@]23c4c5ccc(CO)c4O[C@H]2C(OC(=O)[C@H](CC(=O)O)OC(=O)CCC(=O)O)=CC[C@@]3(O)[C@H]1C5.O=CC(F)(F)F. The molecule has 4 N–H and O–H groups in total. The van der Waals surface area contributed by atoms with Gasteiger partial charge in [0.25, 0.3) is 0 Å². The highest BCUT2D eigenvalue weighted by Crippen LogP contribution is 2.64. The number of aliphatic hydroxyl groups is 2. The fraction of sp³-hybridized carbons (Fsp3) is 0.536. The minimum Gasteiger partial charge on any atom is -0.481 e. The lowest BCUT2D eigenvalue weighted by Gasteiger charge is -2.61. The molecule has 1 aromatic rings. The zero-order valence-corrected chi connectivity index (χ0v) is 23.3. The van der Waals surface area contributed by atoms with Gasteiger partial charge in [0.2, 0.25) is 12.4 Å². The Morgan fingerprint density at radius 1 is 1.18 bits per heavy atom. The lowest BCUT2D eigenvalue weighted by molar-refractivity contribution is -0.177. The van der Waals surface area contributed by atoms with Crippen LogP contribution in [0.3, 0.4) is 0 Å². The number of carboxylic acid groups (broad SMARTS) is 2. The number of likely N-dealkylation sites (N-methyl/N-ethyl adjacent to an activating group) is 1. The van der Waals surface area contributed by atoms with Crippen LogP contribution >= 0.6 is 0 Å². The van der Waals surface area contributed by atoms with E-state index in [0.717, 1.165) is 11.1 Å². The maximum absolute atomic E-state index is 13.1. The number of esters is 2. The Balaban J connectivity index is 0.000000670. The average Bonchev–Trinajstić information content (AvgIpc) is 3.30. The monoisotopic (exact) mass is 629 g/mol. The Hall–Kier alpha value is -4.02. The lowest BCUT2D eigenvalue weighted by atomic mass is 9.50. The highest BCUT2D eigenvalue weighted by molar-refractivity contribution is 5.85. The summed E-state index contributed by atoms with van der Waals surface area (Å²) < 4.78 is 48.2. The van der Waals surface area contributed by atoms with Gasteiger partial charge in [-0.3, -0.25) is 19.2 Å². The van der Waals surface area contributed by atoms with Crippen molar-refractivity contribution in [2.24, 2.45) is 0 Å². The van der Waals surface area contributed by atoms with Crippen molar-refractivity contribution >= 4 is 30.2 Å². The first-order chi connectivity index (χ1) is 20.6. The average molecular weight is 630 g/mol. The first-order valence-corrected chi connectivity index (χ1v) is 13.5. The predicted octanol–water partition coefficient (Wildman–Crippen LogP) is 0.999. The summed E-state index contributed by atoms with van der Waals surface area (Å²) in [6.45, 7) is 0.345. The molecule has 5 atom stereocenters. The van der Waals surface area contributed by atoms with Crippen molar-refractivity contribution in [1.29, 1.82) is 0 Å². The number of aliphatic carboxylic acids is 2. The molecule has 0 saturated carbocycles. The first-order valence-electron chi connectivity index (χ1n) is 13.5.